The molecule has 0 heterocycles. The average molecular weight is 391 g/mol. The molecule has 2 aliphatic carbocycles. The zero-order valence-electron chi connectivity index (χ0n) is 17.9. The van der Waals surface area contributed by atoms with Crippen LogP contribution in [0.3, 0.4) is 0 Å². The van der Waals surface area contributed by atoms with Gasteiger partial charge >= 0.3 is 0 Å². The lowest BCUT2D eigenvalue weighted by Gasteiger charge is -2.36. The van der Waals surface area contributed by atoms with E-state index in [1.54, 1.807) is 22.3 Å². The van der Waals surface area contributed by atoms with Crippen molar-refractivity contribution in [2.75, 3.05) is 0 Å². The van der Waals surface area contributed by atoms with Crippen LogP contribution in [0.1, 0.15) is 66.7 Å². The lowest BCUT2D eigenvalue weighted by molar-refractivity contribution is 0.326. The van der Waals surface area contributed by atoms with Crippen molar-refractivity contribution in [3.63, 3.8) is 0 Å². The van der Waals surface area contributed by atoms with Gasteiger partial charge in [0.2, 0.25) is 0 Å². The Hall–Kier alpha value is -2.60. The number of hydrogen-bond acceptors (Lipinski definition) is 0. The molecule has 0 unspecified atom stereocenters. The molecule has 4 aromatic rings. The third-order valence-corrected chi connectivity index (χ3v) is 8.06. The van der Waals surface area contributed by atoms with Crippen molar-refractivity contribution in [1.29, 1.82) is 0 Å². The molecule has 0 saturated heterocycles. The normalized spacial score (nSPS) is 23.3. The summed E-state index contributed by atoms with van der Waals surface area (Å²) in [5, 5.41) is 5.81. The van der Waals surface area contributed by atoms with Gasteiger partial charge in [0.25, 0.3) is 0 Å². The Balaban J connectivity index is 1.38. The van der Waals surface area contributed by atoms with Crippen LogP contribution in [0, 0.1) is 5.92 Å². The van der Waals surface area contributed by atoms with Crippen molar-refractivity contribution in [2.45, 2.75) is 57.3 Å². The quantitative estimate of drug-likeness (QED) is 0.324. The van der Waals surface area contributed by atoms with Crippen molar-refractivity contribution < 1.29 is 0 Å². The third kappa shape index (κ3) is 2.88. The van der Waals surface area contributed by atoms with Gasteiger partial charge in [-0.2, -0.15) is 0 Å². The maximum atomic E-state index is 2.50. The van der Waals surface area contributed by atoms with Crippen molar-refractivity contribution >= 4 is 21.5 Å². The fraction of sp³-hybridized carbons (Fsp3) is 0.333. The fourth-order valence-electron chi connectivity index (χ4n) is 6.57. The Kier molecular flexibility index (Phi) is 4.41. The van der Waals surface area contributed by atoms with Crippen LogP contribution in [0.2, 0.25) is 0 Å². The van der Waals surface area contributed by atoms with E-state index in [9.17, 15) is 0 Å². The van der Waals surface area contributed by atoms with E-state index >= 15 is 0 Å². The number of aryl methyl sites for hydroxylation is 2. The van der Waals surface area contributed by atoms with Gasteiger partial charge in [-0.3, -0.25) is 0 Å². The molecule has 0 aromatic heterocycles. The molecule has 0 N–H and O–H groups in total. The monoisotopic (exact) mass is 390 g/mol. The summed E-state index contributed by atoms with van der Waals surface area (Å²) in [4.78, 5) is 0. The summed E-state index contributed by atoms with van der Waals surface area (Å²) in [6.45, 7) is 2.50. The van der Waals surface area contributed by atoms with E-state index in [-0.39, 0.29) is 0 Å². The highest BCUT2D eigenvalue weighted by Crippen LogP contribution is 2.47. The highest BCUT2D eigenvalue weighted by molar-refractivity contribution is 5.88. The summed E-state index contributed by atoms with van der Waals surface area (Å²) in [5.74, 6) is 2.13. The summed E-state index contributed by atoms with van der Waals surface area (Å²) in [6, 6.07) is 27.5. The lowest BCUT2D eigenvalue weighted by atomic mass is 9.68. The van der Waals surface area contributed by atoms with Crippen molar-refractivity contribution in [2.24, 2.45) is 5.92 Å². The van der Waals surface area contributed by atoms with Crippen LogP contribution in [0.4, 0.5) is 0 Å². The molecular weight excluding hydrogens is 360 g/mol. The molecule has 0 aliphatic heterocycles. The predicted octanol–water partition coefficient (Wildman–Crippen LogP) is 8.17. The number of hydrogen-bond donors (Lipinski definition) is 0. The molecule has 0 amide bonds. The molecule has 0 heteroatoms. The molecule has 0 fully saturated rings. The van der Waals surface area contributed by atoms with E-state index in [0.29, 0.717) is 11.8 Å². The molecule has 0 radical (unpaired) electrons. The Labute approximate surface area is 179 Å². The van der Waals surface area contributed by atoms with E-state index in [0.717, 1.165) is 5.92 Å². The third-order valence-electron chi connectivity index (χ3n) is 8.06. The molecule has 30 heavy (non-hydrogen) atoms. The first kappa shape index (κ1) is 18.2. The van der Waals surface area contributed by atoms with E-state index in [2.05, 4.69) is 79.7 Å². The topological polar surface area (TPSA) is 0 Å². The zero-order chi connectivity index (χ0) is 20.1. The van der Waals surface area contributed by atoms with E-state index < -0.39 is 0 Å². The molecule has 0 nitrogen and oxygen atoms in total. The molecule has 4 aromatic carbocycles. The second-order valence-corrected chi connectivity index (χ2v) is 9.63. The SMILES string of the molecule is C[C@@H]1c2c(ccc3ccccc23)CC[C@@H]1C[C@@H]1CCCc2ccc3ccccc3c21. The van der Waals surface area contributed by atoms with Crippen molar-refractivity contribution in [3.8, 4) is 0 Å². The van der Waals surface area contributed by atoms with Crippen molar-refractivity contribution in [3.05, 3.63) is 95.1 Å². The van der Waals surface area contributed by atoms with Gasteiger partial charge in [-0.1, -0.05) is 79.7 Å². The van der Waals surface area contributed by atoms with E-state index in [1.807, 2.05) is 0 Å². The second kappa shape index (κ2) is 7.27. The molecule has 0 saturated carbocycles. The molecule has 2 aliphatic rings. The number of rotatable bonds is 2. The van der Waals surface area contributed by atoms with Crippen LogP contribution < -0.4 is 0 Å². The predicted molar refractivity (Wildman–Crippen MR) is 128 cm³/mol. The molecule has 6 rings (SSSR count). The Morgan fingerprint density at radius 3 is 2.03 bits per heavy atom. The van der Waals surface area contributed by atoms with Crippen molar-refractivity contribution in [1.82, 2.24) is 0 Å². The minimum atomic E-state index is 0.639. The Morgan fingerprint density at radius 2 is 1.30 bits per heavy atom. The van der Waals surface area contributed by atoms with Crippen LogP contribution in [-0.4, -0.2) is 0 Å². The van der Waals surface area contributed by atoms with Gasteiger partial charge in [0.15, 0.2) is 0 Å². The summed E-state index contributed by atoms with van der Waals surface area (Å²) < 4.78 is 0. The summed E-state index contributed by atoms with van der Waals surface area (Å²) >= 11 is 0. The number of fused-ring (bicyclic) bond motifs is 6. The highest BCUT2D eigenvalue weighted by atomic mass is 14.4. The summed E-state index contributed by atoms with van der Waals surface area (Å²) in [5.41, 5.74) is 6.51. The fourth-order valence-corrected chi connectivity index (χ4v) is 6.57. The van der Waals surface area contributed by atoms with E-state index in [4.69, 9.17) is 0 Å². The van der Waals surface area contributed by atoms with Gasteiger partial charge in [0.1, 0.15) is 0 Å². The molecule has 3 atom stereocenters. The van der Waals surface area contributed by atoms with Gasteiger partial charge in [-0.15, -0.1) is 0 Å². The standard InChI is InChI=1S/C30H30/c1-20-25(18-17-24-16-14-21-7-2-4-11-27(21)29(20)24)19-26-10-6-9-23-15-13-22-8-3-5-12-28(22)30(23)26/h2-5,7-8,11-16,20,25-26H,6,9-10,17-19H2,1H3/t20-,25+,26-/m0/s1. The van der Waals surface area contributed by atoms with Crippen LogP contribution in [0.5, 0.6) is 0 Å². The summed E-state index contributed by atoms with van der Waals surface area (Å²) in [7, 11) is 0. The first-order valence-electron chi connectivity index (χ1n) is 11.8. The first-order chi connectivity index (χ1) is 14.8. The second-order valence-electron chi connectivity index (χ2n) is 9.63. The molecule has 0 bridgehead atoms. The highest BCUT2D eigenvalue weighted by Gasteiger charge is 2.32. The summed E-state index contributed by atoms with van der Waals surface area (Å²) in [6.07, 6.45) is 7.87. The van der Waals surface area contributed by atoms with Gasteiger partial charge < -0.3 is 0 Å². The van der Waals surface area contributed by atoms with Gasteiger partial charge in [0, 0.05) is 0 Å². The Bertz CT molecular complexity index is 1230. The van der Waals surface area contributed by atoms with Gasteiger partial charge in [-0.05, 0) is 100 Å². The molecule has 0 spiro atoms. The zero-order valence-corrected chi connectivity index (χ0v) is 17.9. The first-order valence-corrected chi connectivity index (χ1v) is 11.8. The van der Waals surface area contributed by atoms with Crippen LogP contribution >= 0.6 is 0 Å². The van der Waals surface area contributed by atoms with Crippen LogP contribution in [-0.2, 0) is 12.8 Å². The van der Waals surface area contributed by atoms with Crippen LogP contribution in [0.25, 0.3) is 21.5 Å². The average Bonchev–Trinajstić information content (AvgIpc) is 2.80. The largest absolute Gasteiger partial charge is 0.0616 e. The lowest BCUT2D eigenvalue weighted by Crippen LogP contribution is -2.23. The minimum Gasteiger partial charge on any atom is -0.0616 e. The smallest absolute Gasteiger partial charge is 0.0146 e. The number of benzene rings is 4. The van der Waals surface area contributed by atoms with Crippen LogP contribution in [0.15, 0.2) is 72.8 Å². The maximum Gasteiger partial charge on any atom is -0.0146 e. The maximum absolute atomic E-state index is 2.50. The van der Waals surface area contributed by atoms with E-state index in [1.165, 1.54) is 60.1 Å². The van der Waals surface area contributed by atoms with Gasteiger partial charge in [-0.25, -0.2) is 0 Å². The molecule has 150 valence electrons. The Morgan fingerprint density at radius 1 is 0.667 bits per heavy atom. The minimum absolute atomic E-state index is 0.639. The van der Waals surface area contributed by atoms with Gasteiger partial charge in [0.05, 0.1) is 0 Å². The molecular formula is C30H30.